The number of rotatable bonds is 10. The third kappa shape index (κ3) is 7.35. The Kier molecular flexibility index (Phi) is 12.6. The SMILES string of the molecule is OC[C@H]1O[C@H](O[C@H]2O[C@H](CO)[C@@H](O[C@@H]3O[C@H](CO)[C@@H](O[C@H]4O[C@H](CO)[C@@H](O)C[C@H]4O)[C@H](O)[C@H]3O)[C@H](O)[C@H]2O)[C@H](O)[C@@H](O)[C@@H]1O. The van der Waals surface area contributed by atoms with E-state index in [2.05, 4.69) is 0 Å². The Hall–Kier alpha value is -0.800. The van der Waals surface area contributed by atoms with Crippen molar-refractivity contribution in [3.05, 3.63) is 0 Å². The molecule has 4 saturated heterocycles. The smallest absolute Gasteiger partial charge is 0.189 e. The summed E-state index contributed by atoms with van der Waals surface area (Å²) in [5, 5.41) is 132. The summed E-state index contributed by atoms with van der Waals surface area (Å²) in [6, 6.07) is 0. The van der Waals surface area contributed by atoms with Crippen molar-refractivity contribution in [2.45, 2.75) is 123 Å². The van der Waals surface area contributed by atoms with Gasteiger partial charge in [0.25, 0.3) is 0 Å². The average molecular weight is 651 g/mol. The van der Waals surface area contributed by atoms with Crippen LogP contribution in [0.25, 0.3) is 0 Å². The highest BCUT2D eigenvalue weighted by Gasteiger charge is 2.54. The number of hydrogen-bond donors (Lipinski definition) is 13. The Labute approximate surface area is 249 Å². The Balaban J connectivity index is 1.41. The third-order valence-corrected chi connectivity index (χ3v) is 8.06. The van der Waals surface area contributed by atoms with Crippen molar-refractivity contribution in [1.29, 1.82) is 0 Å². The highest BCUT2D eigenvalue weighted by Crippen LogP contribution is 2.33. The van der Waals surface area contributed by atoms with Gasteiger partial charge in [-0.25, -0.2) is 0 Å². The van der Waals surface area contributed by atoms with Gasteiger partial charge in [0.15, 0.2) is 25.2 Å². The minimum atomic E-state index is -1.98. The lowest BCUT2D eigenvalue weighted by Gasteiger charge is -2.48. The fourth-order valence-electron chi connectivity index (χ4n) is 5.44. The Morgan fingerprint density at radius 1 is 0.386 bits per heavy atom. The van der Waals surface area contributed by atoms with E-state index >= 15 is 0 Å². The van der Waals surface area contributed by atoms with Crippen molar-refractivity contribution in [2.24, 2.45) is 0 Å². The summed E-state index contributed by atoms with van der Waals surface area (Å²) in [4.78, 5) is 0. The highest BCUT2D eigenvalue weighted by molar-refractivity contribution is 4.96. The van der Waals surface area contributed by atoms with E-state index in [1.54, 1.807) is 0 Å². The number of aliphatic hydroxyl groups excluding tert-OH is 13. The van der Waals surface area contributed by atoms with Crippen molar-refractivity contribution in [3.8, 4) is 0 Å². The first-order chi connectivity index (χ1) is 20.9. The van der Waals surface area contributed by atoms with Crippen LogP contribution in [0.5, 0.6) is 0 Å². The Morgan fingerprint density at radius 2 is 0.773 bits per heavy atom. The van der Waals surface area contributed by atoms with E-state index in [1.165, 1.54) is 0 Å². The maximum atomic E-state index is 10.8. The molecule has 0 aromatic rings. The van der Waals surface area contributed by atoms with E-state index in [9.17, 15) is 66.4 Å². The summed E-state index contributed by atoms with van der Waals surface area (Å²) in [6.07, 6.45) is -31.5. The molecule has 0 aromatic heterocycles. The zero-order valence-electron chi connectivity index (χ0n) is 23.2. The summed E-state index contributed by atoms with van der Waals surface area (Å²) in [7, 11) is 0. The predicted molar refractivity (Wildman–Crippen MR) is 132 cm³/mol. The topological polar surface area (TPSA) is 328 Å². The molecule has 4 aliphatic rings. The molecule has 0 spiro atoms. The van der Waals surface area contributed by atoms with Crippen LogP contribution in [-0.4, -0.2) is 210 Å². The monoisotopic (exact) mass is 650 g/mol. The molecule has 13 N–H and O–H groups in total. The van der Waals surface area contributed by atoms with Gasteiger partial charge in [0.2, 0.25) is 0 Å². The van der Waals surface area contributed by atoms with Crippen LogP contribution in [0.3, 0.4) is 0 Å². The molecule has 0 radical (unpaired) electrons. The van der Waals surface area contributed by atoms with E-state index in [0.717, 1.165) is 0 Å². The van der Waals surface area contributed by atoms with Gasteiger partial charge in [-0.1, -0.05) is 0 Å². The van der Waals surface area contributed by atoms with Crippen LogP contribution in [0, 0.1) is 0 Å². The van der Waals surface area contributed by atoms with Gasteiger partial charge in [-0.2, -0.15) is 0 Å². The van der Waals surface area contributed by atoms with Gasteiger partial charge in [-0.3, -0.25) is 0 Å². The second-order valence-electron chi connectivity index (χ2n) is 11.0. The molecule has 20 nitrogen and oxygen atoms in total. The van der Waals surface area contributed by atoms with E-state index in [4.69, 9.17) is 33.2 Å². The summed E-state index contributed by atoms with van der Waals surface area (Å²) in [5.74, 6) is 0. The molecule has 20 heteroatoms. The predicted octanol–water partition coefficient (Wildman–Crippen LogP) is -8.72. The van der Waals surface area contributed by atoms with Gasteiger partial charge in [0, 0.05) is 6.42 Å². The largest absolute Gasteiger partial charge is 0.394 e. The first-order valence-corrected chi connectivity index (χ1v) is 14.0. The molecule has 44 heavy (non-hydrogen) atoms. The minimum Gasteiger partial charge on any atom is -0.394 e. The van der Waals surface area contributed by atoms with Crippen LogP contribution in [-0.2, 0) is 33.2 Å². The Morgan fingerprint density at radius 3 is 1.25 bits per heavy atom. The van der Waals surface area contributed by atoms with Crippen molar-refractivity contribution >= 4 is 0 Å². The average Bonchev–Trinajstić information content (AvgIpc) is 3.01. The lowest BCUT2D eigenvalue weighted by Crippen LogP contribution is -2.66. The van der Waals surface area contributed by atoms with E-state index in [1.807, 2.05) is 0 Å². The van der Waals surface area contributed by atoms with E-state index in [0.29, 0.717) is 0 Å². The van der Waals surface area contributed by atoms with Crippen LogP contribution >= 0.6 is 0 Å². The quantitative estimate of drug-likeness (QED) is 0.104. The fourth-order valence-corrected chi connectivity index (χ4v) is 5.44. The molecule has 4 rings (SSSR count). The van der Waals surface area contributed by atoms with Crippen LogP contribution in [0.15, 0.2) is 0 Å². The molecule has 0 unspecified atom stereocenters. The zero-order valence-corrected chi connectivity index (χ0v) is 23.2. The van der Waals surface area contributed by atoms with E-state index < -0.39 is 143 Å². The third-order valence-electron chi connectivity index (χ3n) is 8.06. The minimum absolute atomic E-state index is 0.247. The van der Waals surface area contributed by atoms with Crippen molar-refractivity contribution in [3.63, 3.8) is 0 Å². The van der Waals surface area contributed by atoms with Crippen LogP contribution in [0.2, 0.25) is 0 Å². The first-order valence-electron chi connectivity index (χ1n) is 14.0. The van der Waals surface area contributed by atoms with Gasteiger partial charge in [-0.05, 0) is 0 Å². The zero-order chi connectivity index (χ0) is 32.5. The molecule has 4 fully saturated rings. The molecule has 0 aliphatic carbocycles. The standard InChI is InChI=1S/C24H42O20/c25-2-8-6(29)1-7(30)21(38-8)42-19-10(4-27)40-22(17(36)14(19)33)43-20-11(5-28)41-24(18(37)15(20)34)44-23-16(35)13(32)12(31)9(3-26)39-23/h6-37H,1-5H2/t6-,7+,8+,9+,10+,11+,12+,13-,14+,15+,16+,17+,18+,19+,20+,21+,22-,23+,24+/m0/s1. The fraction of sp³-hybridized carbons (Fsp3) is 1.00. The molecular formula is C24H42O20. The summed E-state index contributed by atoms with van der Waals surface area (Å²) in [5.41, 5.74) is 0. The molecule has 19 atom stereocenters. The van der Waals surface area contributed by atoms with Crippen LogP contribution in [0.4, 0.5) is 0 Å². The molecule has 4 heterocycles. The van der Waals surface area contributed by atoms with Gasteiger partial charge in [-0.15, -0.1) is 0 Å². The van der Waals surface area contributed by atoms with Gasteiger partial charge in [0.1, 0.15) is 85.5 Å². The number of hydrogen-bond acceptors (Lipinski definition) is 20. The van der Waals surface area contributed by atoms with Gasteiger partial charge >= 0.3 is 0 Å². The lowest BCUT2D eigenvalue weighted by molar-refractivity contribution is -0.396. The second kappa shape index (κ2) is 15.4. The van der Waals surface area contributed by atoms with E-state index in [-0.39, 0.29) is 6.42 Å². The van der Waals surface area contributed by atoms with Crippen molar-refractivity contribution in [1.82, 2.24) is 0 Å². The first kappa shape index (κ1) is 36.0. The summed E-state index contributed by atoms with van der Waals surface area (Å²) in [6.45, 7) is -3.09. The van der Waals surface area contributed by atoms with Crippen LogP contribution < -0.4 is 0 Å². The molecular weight excluding hydrogens is 608 g/mol. The summed E-state index contributed by atoms with van der Waals surface area (Å²) >= 11 is 0. The maximum absolute atomic E-state index is 10.8. The maximum Gasteiger partial charge on any atom is 0.189 e. The second-order valence-corrected chi connectivity index (χ2v) is 11.0. The summed E-state index contributed by atoms with van der Waals surface area (Å²) < 4.78 is 38.0. The molecule has 0 saturated carbocycles. The number of ether oxygens (including phenoxy) is 7. The normalized spacial score (nSPS) is 52.2. The lowest BCUT2D eigenvalue weighted by atomic mass is 9.96. The van der Waals surface area contributed by atoms with Crippen molar-refractivity contribution < 1.29 is 99.5 Å². The molecule has 258 valence electrons. The number of aliphatic hydroxyl groups is 13. The molecule has 0 bridgehead atoms. The molecule has 4 aliphatic heterocycles. The molecule has 0 amide bonds. The molecule has 0 aromatic carbocycles. The Bertz CT molecular complexity index is 881. The van der Waals surface area contributed by atoms with Gasteiger partial charge < -0.3 is 99.5 Å². The van der Waals surface area contributed by atoms with Gasteiger partial charge in [0.05, 0.1) is 32.5 Å². The van der Waals surface area contributed by atoms with Crippen LogP contribution in [0.1, 0.15) is 6.42 Å². The highest BCUT2D eigenvalue weighted by atomic mass is 16.8. The van der Waals surface area contributed by atoms with Crippen molar-refractivity contribution in [2.75, 3.05) is 26.4 Å².